The Kier molecular flexibility index (Phi) is 6.48. The molecule has 1 atom stereocenters. The maximum Gasteiger partial charge on any atom is 0.280 e. The number of thiazole rings is 1. The first-order valence-corrected chi connectivity index (χ1v) is 11.2. The average Bonchev–Trinajstić information content (AvgIpc) is 3.18. The summed E-state index contributed by atoms with van der Waals surface area (Å²) in [5.41, 5.74) is 4.86. The molecule has 4 rings (SSSR count). The smallest absolute Gasteiger partial charge is 0.280 e. The molecule has 0 radical (unpaired) electrons. The summed E-state index contributed by atoms with van der Waals surface area (Å²) in [5.74, 6) is 0.250. The van der Waals surface area contributed by atoms with Gasteiger partial charge in [-0.2, -0.15) is 4.98 Å². The van der Waals surface area contributed by atoms with Gasteiger partial charge in [-0.15, -0.1) is 0 Å². The van der Waals surface area contributed by atoms with Gasteiger partial charge in [-0.1, -0.05) is 35.1 Å². The molecule has 0 saturated heterocycles. The van der Waals surface area contributed by atoms with E-state index >= 15 is 0 Å². The minimum absolute atomic E-state index is 0.209. The normalized spacial score (nSPS) is 11.8. The van der Waals surface area contributed by atoms with E-state index in [0.717, 1.165) is 28.1 Å². The molecular weight excluding hydrogens is 444 g/mol. The Hall–Kier alpha value is -3.29. The zero-order valence-corrected chi connectivity index (χ0v) is 19.4. The van der Waals surface area contributed by atoms with Crippen LogP contribution in [0.2, 0.25) is 5.15 Å². The van der Waals surface area contributed by atoms with Crippen molar-refractivity contribution in [3.8, 4) is 22.2 Å². The van der Waals surface area contributed by atoms with Crippen molar-refractivity contribution in [2.45, 2.75) is 26.8 Å². The number of ether oxygens (including phenoxy) is 1. The standard InChI is InChI=1S/C24H21ClN4O2S/c1-14-4-7-21(27-11-14)18-8-19(10-20(9-18)31-24-29-22(25)13-32-24)23(30)28-16(3)17-6-5-15(2)26-12-17/h4-13,16H,1-3H3,(H,28,30)/t16-/m1/s1. The van der Waals surface area contributed by atoms with E-state index in [1.54, 1.807) is 29.9 Å². The molecule has 0 spiro atoms. The number of carbonyl (C=O) groups excluding carboxylic acids is 1. The highest BCUT2D eigenvalue weighted by Gasteiger charge is 2.16. The Morgan fingerprint density at radius 2 is 1.94 bits per heavy atom. The number of pyridine rings is 2. The van der Waals surface area contributed by atoms with Crippen LogP contribution in [-0.2, 0) is 0 Å². The molecule has 4 aromatic rings. The third-order valence-electron chi connectivity index (χ3n) is 4.82. The van der Waals surface area contributed by atoms with Crippen LogP contribution in [0.1, 0.15) is 40.1 Å². The predicted octanol–water partition coefficient (Wildman–Crippen LogP) is 6.15. The summed E-state index contributed by atoms with van der Waals surface area (Å²) in [4.78, 5) is 26.0. The van der Waals surface area contributed by atoms with Gasteiger partial charge in [0.25, 0.3) is 11.1 Å². The summed E-state index contributed by atoms with van der Waals surface area (Å²) in [5, 5.41) is 5.47. The van der Waals surface area contributed by atoms with E-state index in [-0.39, 0.29) is 11.9 Å². The van der Waals surface area contributed by atoms with Crippen molar-refractivity contribution in [3.63, 3.8) is 0 Å². The molecule has 3 aromatic heterocycles. The molecule has 0 unspecified atom stereocenters. The molecular formula is C24H21ClN4O2S. The molecule has 1 amide bonds. The van der Waals surface area contributed by atoms with E-state index in [4.69, 9.17) is 16.3 Å². The summed E-state index contributed by atoms with van der Waals surface area (Å²) < 4.78 is 5.88. The number of rotatable bonds is 6. The average molecular weight is 465 g/mol. The molecule has 0 aliphatic heterocycles. The van der Waals surface area contributed by atoms with E-state index in [2.05, 4.69) is 20.3 Å². The molecule has 162 valence electrons. The molecule has 0 bridgehead atoms. The van der Waals surface area contributed by atoms with Crippen LogP contribution in [0.3, 0.4) is 0 Å². The molecule has 0 saturated carbocycles. The van der Waals surface area contributed by atoms with Gasteiger partial charge in [0, 0.05) is 34.6 Å². The van der Waals surface area contributed by atoms with Gasteiger partial charge in [0.05, 0.1) is 11.7 Å². The lowest BCUT2D eigenvalue weighted by atomic mass is 10.0. The first-order chi connectivity index (χ1) is 15.4. The van der Waals surface area contributed by atoms with Crippen molar-refractivity contribution in [2.75, 3.05) is 0 Å². The first kappa shape index (κ1) is 21.9. The Balaban J connectivity index is 1.65. The number of nitrogens with zero attached hydrogens (tertiary/aromatic N) is 3. The number of carbonyl (C=O) groups is 1. The number of aromatic nitrogens is 3. The van der Waals surface area contributed by atoms with Gasteiger partial charge in [0.2, 0.25) is 0 Å². The largest absolute Gasteiger partial charge is 0.431 e. The lowest BCUT2D eigenvalue weighted by molar-refractivity contribution is 0.0939. The second-order valence-corrected chi connectivity index (χ2v) is 8.64. The van der Waals surface area contributed by atoms with Crippen LogP contribution in [0.15, 0.2) is 60.2 Å². The molecule has 8 heteroatoms. The number of amides is 1. The molecule has 32 heavy (non-hydrogen) atoms. The second-order valence-electron chi connectivity index (χ2n) is 7.43. The Bertz CT molecular complexity index is 1240. The highest BCUT2D eigenvalue weighted by atomic mass is 35.5. The van der Waals surface area contributed by atoms with Gasteiger partial charge in [0.15, 0.2) is 0 Å². The molecule has 1 N–H and O–H groups in total. The van der Waals surface area contributed by atoms with Gasteiger partial charge in [-0.3, -0.25) is 14.8 Å². The SMILES string of the molecule is Cc1ccc(-c2cc(Oc3nc(Cl)cs3)cc(C(=O)N[C@H](C)c3ccc(C)nc3)c2)nc1. The molecule has 0 aliphatic carbocycles. The third kappa shape index (κ3) is 5.30. The lowest BCUT2D eigenvalue weighted by Crippen LogP contribution is -2.26. The number of aryl methyl sites for hydroxylation is 2. The van der Waals surface area contributed by atoms with Gasteiger partial charge < -0.3 is 10.1 Å². The zero-order valence-electron chi connectivity index (χ0n) is 17.8. The van der Waals surface area contributed by atoms with Crippen molar-refractivity contribution in [1.29, 1.82) is 0 Å². The van der Waals surface area contributed by atoms with E-state index < -0.39 is 0 Å². The summed E-state index contributed by atoms with van der Waals surface area (Å²) in [7, 11) is 0. The van der Waals surface area contributed by atoms with Crippen LogP contribution in [0.25, 0.3) is 11.3 Å². The predicted molar refractivity (Wildman–Crippen MR) is 126 cm³/mol. The summed E-state index contributed by atoms with van der Waals surface area (Å²) in [6, 6.07) is 12.9. The van der Waals surface area contributed by atoms with Crippen LogP contribution in [0.4, 0.5) is 0 Å². The second kappa shape index (κ2) is 9.46. The van der Waals surface area contributed by atoms with E-state index in [9.17, 15) is 4.79 Å². The highest BCUT2D eigenvalue weighted by Crippen LogP contribution is 2.31. The van der Waals surface area contributed by atoms with Crippen molar-refractivity contribution in [1.82, 2.24) is 20.3 Å². The number of halogens is 1. The summed E-state index contributed by atoms with van der Waals surface area (Å²) >= 11 is 7.20. The van der Waals surface area contributed by atoms with Gasteiger partial charge in [-0.25, -0.2) is 0 Å². The lowest BCUT2D eigenvalue weighted by Gasteiger charge is -2.15. The van der Waals surface area contributed by atoms with Crippen LogP contribution in [0.5, 0.6) is 10.9 Å². The fourth-order valence-electron chi connectivity index (χ4n) is 3.06. The van der Waals surface area contributed by atoms with Crippen molar-refractivity contribution in [2.24, 2.45) is 0 Å². The van der Waals surface area contributed by atoms with Crippen LogP contribution in [-0.4, -0.2) is 20.9 Å². The quantitative estimate of drug-likeness (QED) is 0.370. The third-order valence-corrected chi connectivity index (χ3v) is 5.86. The molecule has 1 aromatic carbocycles. The van der Waals surface area contributed by atoms with E-state index in [1.807, 2.05) is 51.1 Å². The van der Waals surface area contributed by atoms with Crippen LogP contribution >= 0.6 is 22.9 Å². The van der Waals surface area contributed by atoms with Crippen molar-refractivity contribution >= 4 is 28.8 Å². The summed E-state index contributed by atoms with van der Waals surface area (Å²) in [6.07, 6.45) is 3.56. The van der Waals surface area contributed by atoms with Crippen LogP contribution < -0.4 is 10.1 Å². The minimum atomic E-state index is -0.228. The number of hydrogen-bond donors (Lipinski definition) is 1. The van der Waals surface area contributed by atoms with Crippen LogP contribution in [0, 0.1) is 13.8 Å². The minimum Gasteiger partial charge on any atom is -0.431 e. The summed E-state index contributed by atoms with van der Waals surface area (Å²) in [6.45, 7) is 5.82. The monoisotopic (exact) mass is 464 g/mol. The van der Waals surface area contributed by atoms with Gasteiger partial charge >= 0.3 is 0 Å². The van der Waals surface area contributed by atoms with Gasteiger partial charge in [-0.05, 0) is 62.2 Å². The zero-order chi connectivity index (χ0) is 22.7. The fourth-order valence-corrected chi connectivity index (χ4v) is 3.87. The number of nitrogens with one attached hydrogen (secondary N) is 1. The Morgan fingerprint density at radius 3 is 2.59 bits per heavy atom. The highest BCUT2D eigenvalue weighted by molar-refractivity contribution is 7.11. The molecule has 3 heterocycles. The number of benzene rings is 1. The number of hydrogen-bond acceptors (Lipinski definition) is 6. The molecule has 0 aliphatic rings. The maximum atomic E-state index is 13.1. The van der Waals surface area contributed by atoms with E-state index in [0.29, 0.717) is 21.7 Å². The van der Waals surface area contributed by atoms with Crippen molar-refractivity contribution < 1.29 is 9.53 Å². The first-order valence-electron chi connectivity index (χ1n) is 9.98. The Morgan fingerprint density at radius 1 is 1.09 bits per heavy atom. The van der Waals surface area contributed by atoms with Crippen molar-refractivity contribution in [3.05, 3.63) is 87.8 Å². The fraction of sp³-hybridized carbons (Fsp3) is 0.167. The van der Waals surface area contributed by atoms with E-state index in [1.165, 1.54) is 11.3 Å². The Labute approximate surface area is 195 Å². The molecule has 0 fully saturated rings. The van der Waals surface area contributed by atoms with Gasteiger partial charge in [0.1, 0.15) is 10.9 Å². The topological polar surface area (TPSA) is 77.0 Å². The maximum absolute atomic E-state index is 13.1. The molecule has 6 nitrogen and oxygen atoms in total.